The van der Waals surface area contributed by atoms with Gasteiger partial charge in [-0.1, -0.05) is 0 Å². The average Bonchev–Trinajstić information content (AvgIpc) is 3.13. The zero-order valence-electron chi connectivity index (χ0n) is 16.7. The van der Waals surface area contributed by atoms with Crippen molar-refractivity contribution < 1.29 is 17.2 Å². The largest absolute Gasteiger partial charge is 0.368 e. The van der Waals surface area contributed by atoms with Gasteiger partial charge in [-0.3, -0.25) is 0 Å². The van der Waals surface area contributed by atoms with Crippen molar-refractivity contribution in [2.24, 2.45) is 0 Å². The minimum Gasteiger partial charge on any atom is -0.368 e. The second-order valence-corrected chi connectivity index (χ2v) is 10.1. The third-order valence-electron chi connectivity index (χ3n) is 6.16. The summed E-state index contributed by atoms with van der Waals surface area (Å²) in [6.45, 7) is 7.49. The van der Waals surface area contributed by atoms with Crippen molar-refractivity contribution in [2.45, 2.75) is 55.0 Å². The van der Waals surface area contributed by atoms with Crippen LogP contribution < -0.4 is 4.90 Å². The molecule has 156 valence electrons. The lowest BCUT2D eigenvalue weighted by Gasteiger charge is -2.39. The van der Waals surface area contributed by atoms with Crippen molar-refractivity contribution in [3.8, 4) is 0 Å². The molecule has 0 radical (unpaired) electrons. The predicted molar refractivity (Wildman–Crippen MR) is 109 cm³/mol. The number of sulfone groups is 1. The fraction of sp³-hybridized carbons (Fsp3) is 0.455. The molecule has 4 nitrogen and oxygen atoms in total. The first kappa shape index (κ1) is 20.3. The van der Waals surface area contributed by atoms with Gasteiger partial charge in [-0.15, -0.1) is 0 Å². The molecule has 1 fully saturated rings. The van der Waals surface area contributed by atoms with Crippen molar-refractivity contribution in [3.63, 3.8) is 0 Å². The topological polar surface area (TPSA) is 40.6 Å². The van der Waals surface area contributed by atoms with E-state index in [0.717, 1.165) is 68.3 Å². The fourth-order valence-electron chi connectivity index (χ4n) is 4.44. The summed E-state index contributed by atoms with van der Waals surface area (Å²) >= 11 is 0. The summed E-state index contributed by atoms with van der Waals surface area (Å²) in [6, 6.07) is 8.87. The van der Waals surface area contributed by atoms with Gasteiger partial charge in [0.2, 0.25) is 9.84 Å². The molecule has 0 unspecified atom stereocenters. The van der Waals surface area contributed by atoms with E-state index in [0.29, 0.717) is 12.1 Å². The van der Waals surface area contributed by atoms with E-state index in [1.807, 2.05) is 6.07 Å². The van der Waals surface area contributed by atoms with E-state index in [1.54, 1.807) is 12.1 Å². The Hall–Kier alpha value is -1.99. The maximum absolute atomic E-state index is 13.5. The molecule has 2 aromatic rings. The molecule has 0 spiro atoms. The normalized spacial score (nSPS) is 18.4. The molecular weight excluding hydrogens is 394 g/mol. The zero-order valence-corrected chi connectivity index (χ0v) is 17.6. The van der Waals surface area contributed by atoms with Crippen LogP contribution in [0, 0.1) is 11.6 Å². The van der Waals surface area contributed by atoms with Crippen LogP contribution in [0.4, 0.5) is 14.5 Å². The Bertz CT molecular complexity index is 1020. The van der Waals surface area contributed by atoms with Gasteiger partial charge >= 0.3 is 0 Å². The van der Waals surface area contributed by atoms with Crippen LogP contribution in [-0.4, -0.2) is 45.0 Å². The Morgan fingerprint density at radius 1 is 0.931 bits per heavy atom. The SMILES string of the molecule is CC(C)N1CCC(N2CCc3cc(S(=O)(=O)c4ccc(F)c(F)c4)ccc32)CC1. The van der Waals surface area contributed by atoms with Gasteiger partial charge in [0, 0.05) is 37.4 Å². The number of halogens is 2. The smallest absolute Gasteiger partial charge is 0.206 e. The Labute approximate surface area is 171 Å². The first-order valence-corrected chi connectivity index (χ1v) is 11.6. The van der Waals surface area contributed by atoms with Crippen LogP contribution >= 0.6 is 0 Å². The molecule has 2 aliphatic heterocycles. The van der Waals surface area contributed by atoms with Crippen LogP contribution in [0.2, 0.25) is 0 Å². The first-order valence-electron chi connectivity index (χ1n) is 10.1. The van der Waals surface area contributed by atoms with E-state index >= 15 is 0 Å². The van der Waals surface area contributed by atoms with Crippen LogP contribution in [0.1, 0.15) is 32.3 Å². The minimum atomic E-state index is -3.89. The molecule has 1 saturated heterocycles. The number of piperidine rings is 1. The summed E-state index contributed by atoms with van der Waals surface area (Å²) in [5.74, 6) is -2.22. The number of hydrogen-bond acceptors (Lipinski definition) is 4. The molecule has 0 atom stereocenters. The third-order valence-corrected chi connectivity index (χ3v) is 7.91. The van der Waals surface area contributed by atoms with E-state index in [2.05, 4.69) is 23.6 Å². The van der Waals surface area contributed by atoms with Gasteiger partial charge in [0.15, 0.2) is 11.6 Å². The molecule has 7 heteroatoms. The van der Waals surface area contributed by atoms with Crippen molar-refractivity contribution in [3.05, 3.63) is 53.6 Å². The molecule has 2 aromatic carbocycles. The number of fused-ring (bicyclic) bond motifs is 1. The lowest BCUT2D eigenvalue weighted by molar-refractivity contribution is 0.170. The number of rotatable bonds is 4. The summed E-state index contributed by atoms with van der Waals surface area (Å²) in [6.07, 6.45) is 3.00. The molecule has 0 N–H and O–H groups in total. The van der Waals surface area contributed by atoms with E-state index in [1.165, 1.54) is 0 Å². The summed E-state index contributed by atoms with van der Waals surface area (Å²) in [7, 11) is -3.89. The highest BCUT2D eigenvalue weighted by atomic mass is 32.2. The first-order chi connectivity index (χ1) is 13.8. The Morgan fingerprint density at radius 3 is 2.24 bits per heavy atom. The molecule has 29 heavy (non-hydrogen) atoms. The fourth-order valence-corrected chi connectivity index (χ4v) is 5.77. The van der Waals surface area contributed by atoms with Crippen molar-refractivity contribution in [2.75, 3.05) is 24.5 Å². The molecule has 2 heterocycles. The molecule has 0 amide bonds. The van der Waals surface area contributed by atoms with Crippen LogP contribution in [-0.2, 0) is 16.3 Å². The number of likely N-dealkylation sites (tertiary alicyclic amines) is 1. The summed E-state index contributed by atoms with van der Waals surface area (Å²) in [4.78, 5) is 4.79. The maximum atomic E-state index is 13.5. The van der Waals surface area contributed by atoms with Gasteiger partial charge in [0.25, 0.3) is 0 Å². The van der Waals surface area contributed by atoms with Gasteiger partial charge in [0.05, 0.1) is 9.79 Å². The van der Waals surface area contributed by atoms with Crippen LogP contribution in [0.5, 0.6) is 0 Å². The second-order valence-electron chi connectivity index (χ2n) is 8.17. The number of benzene rings is 2. The number of anilines is 1. The molecule has 0 aromatic heterocycles. The quantitative estimate of drug-likeness (QED) is 0.701. The van der Waals surface area contributed by atoms with E-state index < -0.39 is 21.5 Å². The van der Waals surface area contributed by atoms with Gasteiger partial charge < -0.3 is 9.80 Å². The van der Waals surface area contributed by atoms with Crippen molar-refractivity contribution >= 4 is 15.5 Å². The lowest BCUT2D eigenvalue weighted by atomic mass is 10.0. The zero-order chi connectivity index (χ0) is 20.8. The molecule has 4 rings (SSSR count). The van der Waals surface area contributed by atoms with Gasteiger partial charge in [-0.25, -0.2) is 17.2 Å². The minimum absolute atomic E-state index is 0.124. The monoisotopic (exact) mass is 420 g/mol. The lowest BCUT2D eigenvalue weighted by Crippen LogP contribution is -2.46. The summed E-state index contributed by atoms with van der Waals surface area (Å²) in [5, 5.41) is 0. The van der Waals surface area contributed by atoms with Crippen molar-refractivity contribution in [1.82, 2.24) is 4.90 Å². The van der Waals surface area contributed by atoms with E-state index in [9.17, 15) is 17.2 Å². The standard InChI is InChI=1S/C22H26F2N2O2S/c1-15(2)25-10-8-17(9-11-25)26-12-7-16-13-18(4-6-22(16)26)29(27,28)19-3-5-20(23)21(24)14-19/h3-6,13-15,17H,7-12H2,1-2H3. The maximum Gasteiger partial charge on any atom is 0.206 e. The molecule has 0 bridgehead atoms. The van der Waals surface area contributed by atoms with E-state index in [-0.39, 0.29) is 9.79 Å². The highest BCUT2D eigenvalue weighted by molar-refractivity contribution is 7.91. The summed E-state index contributed by atoms with van der Waals surface area (Å²) in [5.41, 5.74) is 2.09. The number of nitrogens with zero attached hydrogens (tertiary/aromatic N) is 2. The molecule has 0 saturated carbocycles. The van der Waals surface area contributed by atoms with Crippen LogP contribution in [0.25, 0.3) is 0 Å². The average molecular weight is 421 g/mol. The second kappa shape index (κ2) is 7.69. The van der Waals surface area contributed by atoms with Crippen LogP contribution in [0.3, 0.4) is 0 Å². The Morgan fingerprint density at radius 2 is 1.59 bits per heavy atom. The van der Waals surface area contributed by atoms with Crippen LogP contribution in [0.15, 0.2) is 46.2 Å². The number of hydrogen-bond donors (Lipinski definition) is 0. The molecule has 2 aliphatic rings. The van der Waals surface area contributed by atoms with Gasteiger partial charge in [-0.05, 0) is 75.1 Å². The van der Waals surface area contributed by atoms with E-state index in [4.69, 9.17) is 0 Å². The highest BCUT2D eigenvalue weighted by Gasteiger charge is 2.31. The molecular formula is C22H26F2N2O2S. The Kier molecular flexibility index (Phi) is 5.38. The predicted octanol–water partition coefficient (Wildman–Crippen LogP) is 4.03. The van der Waals surface area contributed by atoms with Gasteiger partial charge in [-0.2, -0.15) is 0 Å². The highest BCUT2D eigenvalue weighted by Crippen LogP contribution is 2.35. The Balaban J connectivity index is 1.56. The summed E-state index contributed by atoms with van der Waals surface area (Å²) < 4.78 is 52.5. The van der Waals surface area contributed by atoms with Crippen molar-refractivity contribution in [1.29, 1.82) is 0 Å². The third kappa shape index (κ3) is 3.78. The van der Waals surface area contributed by atoms with Gasteiger partial charge in [0.1, 0.15) is 0 Å². The molecule has 0 aliphatic carbocycles.